The van der Waals surface area contributed by atoms with Gasteiger partial charge in [-0.3, -0.25) is 4.79 Å². The van der Waals surface area contributed by atoms with Crippen molar-refractivity contribution in [3.05, 3.63) is 36.0 Å². The van der Waals surface area contributed by atoms with Gasteiger partial charge in [-0.2, -0.15) is 5.10 Å². The highest BCUT2D eigenvalue weighted by Crippen LogP contribution is 2.32. The van der Waals surface area contributed by atoms with Gasteiger partial charge >= 0.3 is 0 Å². The number of amides is 1. The van der Waals surface area contributed by atoms with Gasteiger partial charge in [-0.15, -0.1) is 0 Å². The summed E-state index contributed by atoms with van der Waals surface area (Å²) in [6.07, 6.45) is 2.74. The average molecular weight is 301 g/mol. The number of carbonyl (C=O) groups excluding carboxylic acids is 1. The Morgan fingerprint density at radius 3 is 2.95 bits per heavy atom. The van der Waals surface area contributed by atoms with Gasteiger partial charge in [0.05, 0.1) is 6.20 Å². The Hall–Kier alpha value is -2.50. The second-order valence-electron chi connectivity index (χ2n) is 5.49. The number of ether oxygens (including phenoxy) is 2. The summed E-state index contributed by atoms with van der Waals surface area (Å²) < 4.78 is 12.4. The van der Waals surface area contributed by atoms with Crippen LogP contribution in [0.1, 0.15) is 31.9 Å². The minimum atomic E-state index is -0.0277. The van der Waals surface area contributed by atoms with E-state index in [1.54, 1.807) is 16.9 Å². The summed E-state index contributed by atoms with van der Waals surface area (Å²) in [6, 6.07) is 7.77. The van der Waals surface area contributed by atoms with Crippen molar-refractivity contribution in [3.8, 4) is 11.5 Å². The lowest BCUT2D eigenvalue weighted by Crippen LogP contribution is -2.17. The standard InChI is InChI=1S/C16H19N3O3/c1-11(2)19-15(7-8-17-19)18-16(20)6-4-12-3-5-13-14(9-12)22-10-21-13/h3,5,7-9,11H,4,6,10H2,1-2H3,(H,18,20). The highest BCUT2D eigenvalue weighted by Gasteiger charge is 2.14. The third-order valence-corrected chi connectivity index (χ3v) is 3.50. The molecule has 0 saturated carbocycles. The predicted molar refractivity (Wildman–Crippen MR) is 82.1 cm³/mol. The maximum Gasteiger partial charge on any atom is 0.231 e. The van der Waals surface area contributed by atoms with Gasteiger partial charge in [-0.25, -0.2) is 4.68 Å². The van der Waals surface area contributed by atoms with E-state index >= 15 is 0 Å². The van der Waals surface area contributed by atoms with E-state index in [0.29, 0.717) is 12.8 Å². The maximum absolute atomic E-state index is 12.1. The number of aromatic nitrogens is 2. The number of fused-ring (bicyclic) bond motifs is 1. The van der Waals surface area contributed by atoms with Gasteiger partial charge in [-0.1, -0.05) is 6.07 Å². The van der Waals surface area contributed by atoms with E-state index in [1.165, 1.54) is 0 Å². The van der Waals surface area contributed by atoms with Crippen molar-refractivity contribution in [1.82, 2.24) is 9.78 Å². The Morgan fingerprint density at radius 1 is 1.32 bits per heavy atom. The molecule has 1 amide bonds. The number of nitrogens with zero attached hydrogens (tertiary/aromatic N) is 2. The molecule has 0 spiro atoms. The fourth-order valence-electron chi connectivity index (χ4n) is 2.38. The first-order valence-electron chi connectivity index (χ1n) is 7.35. The monoisotopic (exact) mass is 301 g/mol. The minimum absolute atomic E-state index is 0.0277. The van der Waals surface area contributed by atoms with Crippen LogP contribution in [0.5, 0.6) is 11.5 Å². The van der Waals surface area contributed by atoms with E-state index in [9.17, 15) is 4.79 Å². The molecule has 116 valence electrons. The summed E-state index contributed by atoms with van der Waals surface area (Å²) in [4.78, 5) is 12.1. The molecule has 1 aliphatic heterocycles. The summed E-state index contributed by atoms with van der Waals surface area (Å²) >= 11 is 0. The Balaban J connectivity index is 1.57. The highest BCUT2D eigenvalue weighted by atomic mass is 16.7. The van der Waals surface area contributed by atoms with Crippen LogP contribution in [0.3, 0.4) is 0 Å². The lowest BCUT2D eigenvalue weighted by atomic mass is 10.1. The van der Waals surface area contributed by atoms with Crippen molar-refractivity contribution in [2.75, 3.05) is 12.1 Å². The van der Waals surface area contributed by atoms with Crippen molar-refractivity contribution in [3.63, 3.8) is 0 Å². The van der Waals surface area contributed by atoms with E-state index in [0.717, 1.165) is 22.9 Å². The topological polar surface area (TPSA) is 65.4 Å². The number of hydrogen-bond acceptors (Lipinski definition) is 4. The number of anilines is 1. The van der Waals surface area contributed by atoms with Gasteiger partial charge in [0.15, 0.2) is 11.5 Å². The van der Waals surface area contributed by atoms with Crippen LogP contribution in [-0.4, -0.2) is 22.5 Å². The SMILES string of the molecule is CC(C)n1nccc1NC(=O)CCc1ccc2c(c1)OCO2. The zero-order chi connectivity index (χ0) is 15.5. The second-order valence-corrected chi connectivity index (χ2v) is 5.49. The molecule has 1 N–H and O–H groups in total. The first-order chi connectivity index (χ1) is 10.6. The van der Waals surface area contributed by atoms with Crippen LogP contribution in [0.4, 0.5) is 5.82 Å². The normalized spacial score (nSPS) is 12.7. The zero-order valence-corrected chi connectivity index (χ0v) is 12.7. The van der Waals surface area contributed by atoms with Crippen molar-refractivity contribution in [2.45, 2.75) is 32.7 Å². The lowest BCUT2D eigenvalue weighted by Gasteiger charge is -2.11. The number of rotatable bonds is 5. The van der Waals surface area contributed by atoms with Crippen LogP contribution in [0.15, 0.2) is 30.5 Å². The molecule has 0 saturated heterocycles. The van der Waals surface area contributed by atoms with Gasteiger partial charge in [-0.05, 0) is 38.0 Å². The van der Waals surface area contributed by atoms with Gasteiger partial charge in [0.25, 0.3) is 0 Å². The molecule has 2 heterocycles. The number of aryl methyl sites for hydroxylation is 1. The fraction of sp³-hybridized carbons (Fsp3) is 0.375. The van der Waals surface area contributed by atoms with Crippen LogP contribution in [0, 0.1) is 0 Å². The predicted octanol–water partition coefficient (Wildman–Crippen LogP) is 2.76. The molecule has 6 heteroatoms. The van der Waals surface area contributed by atoms with Crippen LogP contribution in [0.2, 0.25) is 0 Å². The summed E-state index contributed by atoms with van der Waals surface area (Å²) in [5.74, 6) is 2.20. The van der Waals surface area contributed by atoms with E-state index in [-0.39, 0.29) is 18.7 Å². The van der Waals surface area contributed by atoms with Crippen molar-refractivity contribution in [2.24, 2.45) is 0 Å². The largest absolute Gasteiger partial charge is 0.454 e. The first-order valence-corrected chi connectivity index (χ1v) is 7.35. The highest BCUT2D eigenvalue weighted by molar-refractivity contribution is 5.90. The van der Waals surface area contributed by atoms with Gasteiger partial charge < -0.3 is 14.8 Å². The number of carbonyl (C=O) groups is 1. The summed E-state index contributed by atoms with van der Waals surface area (Å²) in [5, 5.41) is 7.10. The smallest absolute Gasteiger partial charge is 0.231 e. The minimum Gasteiger partial charge on any atom is -0.454 e. The van der Waals surface area contributed by atoms with Gasteiger partial charge in [0.2, 0.25) is 12.7 Å². The Morgan fingerprint density at radius 2 is 2.14 bits per heavy atom. The quantitative estimate of drug-likeness (QED) is 0.922. The molecule has 0 radical (unpaired) electrons. The van der Waals surface area contributed by atoms with Gasteiger partial charge in [0, 0.05) is 18.5 Å². The molecule has 0 aliphatic carbocycles. The van der Waals surface area contributed by atoms with Crippen molar-refractivity contribution >= 4 is 11.7 Å². The zero-order valence-electron chi connectivity index (χ0n) is 12.7. The van der Waals surface area contributed by atoms with Crippen LogP contribution < -0.4 is 14.8 Å². The molecule has 1 aromatic heterocycles. The molecule has 3 rings (SSSR count). The number of nitrogens with one attached hydrogen (secondary N) is 1. The molecule has 22 heavy (non-hydrogen) atoms. The molecule has 0 atom stereocenters. The third-order valence-electron chi connectivity index (χ3n) is 3.50. The molecule has 0 unspecified atom stereocenters. The Labute approximate surface area is 129 Å². The van der Waals surface area contributed by atoms with Crippen molar-refractivity contribution < 1.29 is 14.3 Å². The van der Waals surface area contributed by atoms with Crippen LogP contribution in [-0.2, 0) is 11.2 Å². The molecule has 2 aromatic rings. The van der Waals surface area contributed by atoms with Crippen LogP contribution >= 0.6 is 0 Å². The maximum atomic E-state index is 12.1. The Bertz CT molecular complexity index is 679. The summed E-state index contributed by atoms with van der Waals surface area (Å²) in [5.41, 5.74) is 1.05. The second kappa shape index (κ2) is 6.09. The average Bonchev–Trinajstić information content (AvgIpc) is 3.13. The van der Waals surface area contributed by atoms with E-state index in [2.05, 4.69) is 10.4 Å². The number of benzene rings is 1. The summed E-state index contributed by atoms with van der Waals surface area (Å²) in [7, 11) is 0. The molecule has 0 bridgehead atoms. The Kier molecular flexibility index (Phi) is 4.00. The van der Waals surface area contributed by atoms with E-state index in [1.807, 2.05) is 32.0 Å². The molecule has 1 aliphatic rings. The van der Waals surface area contributed by atoms with Crippen LogP contribution in [0.25, 0.3) is 0 Å². The molecule has 0 fully saturated rings. The first kappa shape index (κ1) is 14.4. The van der Waals surface area contributed by atoms with E-state index < -0.39 is 0 Å². The van der Waals surface area contributed by atoms with E-state index in [4.69, 9.17) is 9.47 Å². The number of hydrogen-bond donors (Lipinski definition) is 1. The lowest BCUT2D eigenvalue weighted by molar-refractivity contribution is -0.116. The third kappa shape index (κ3) is 3.05. The molecular weight excluding hydrogens is 282 g/mol. The molecule has 1 aromatic carbocycles. The molecule has 6 nitrogen and oxygen atoms in total. The van der Waals surface area contributed by atoms with Crippen molar-refractivity contribution in [1.29, 1.82) is 0 Å². The summed E-state index contributed by atoms with van der Waals surface area (Å²) in [6.45, 7) is 4.31. The van der Waals surface area contributed by atoms with Gasteiger partial charge in [0.1, 0.15) is 5.82 Å². The fourth-order valence-corrected chi connectivity index (χ4v) is 2.38. The molecular formula is C16H19N3O3.